The minimum absolute atomic E-state index is 0.0935. The maximum atomic E-state index is 11.9. The lowest BCUT2D eigenvalue weighted by molar-refractivity contribution is -0.122. The normalized spacial score (nSPS) is 25.1. The molecule has 23 heavy (non-hydrogen) atoms. The molecule has 0 spiro atoms. The average Bonchev–Trinajstić information content (AvgIpc) is 2.80. The van der Waals surface area contributed by atoms with Gasteiger partial charge in [0.15, 0.2) is 0 Å². The number of hydrogen-bond donors (Lipinski definition) is 1. The van der Waals surface area contributed by atoms with Crippen LogP contribution in [0.3, 0.4) is 0 Å². The summed E-state index contributed by atoms with van der Waals surface area (Å²) in [5.41, 5.74) is 6.95. The van der Waals surface area contributed by atoms with Crippen LogP contribution >= 0.6 is 0 Å². The fourth-order valence-corrected chi connectivity index (χ4v) is 3.65. The molecule has 2 fully saturated rings. The molecule has 1 atom stereocenters. The van der Waals surface area contributed by atoms with Crippen molar-refractivity contribution in [3.63, 3.8) is 0 Å². The highest BCUT2D eigenvalue weighted by Crippen LogP contribution is 2.20. The number of hydrogen-bond acceptors (Lipinski definition) is 4. The number of primary amides is 1. The number of carbonyl (C=O) groups excluding carboxylic acids is 1. The zero-order valence-electron chi connectivity index (χ0n) is 13.7. The van der Waals surface area contributed by atoms with E-state index in [0.29, 0.717) is 6.04 Å². The lowest BCUT2D eigenvalue weighted by Gasteiger charge is -2.34. The van der Waals surface area contributed by atoms with Crippen LogP contribution in [0.1, 0.15) is 18.4 Å². The maximum absolute atomic E-state index is 11.9. The first kappa shape index (κ1) is 16.4. The van der Waals surface area contributed by atoms with E-state index in [-0.39, 0.29) is 11.8 Å². The van der Waals surface area contributed by atoms with Gasteiger partial charge in [-0.15, -0.1) is 0 Å². The van der Waals surface area contributed by atoms with Gasteiger partial charge in [-0.2, -0.15) is 0 Å². The lowest BCUT2D eigenvalue weighted by Crippen LogP contribution is -2.44. The molecule has 3 rings (SSSR count). The summed E-state index contributed by atoms with van der Waals surface area (Å²) in [5, 5.41) is 0. The minimum Gasteiger partial charge on any atom is -0.381 e. The molecule has 2 aliphatic rings. The summed E-state index contributed by atoms with van der Waals surface area (Å²) in [6.07, 6.45) is 2.12. The van der Waals surface area contributed by atoms with E-state index in [1.807, 2.05) is 6.07 Å². The Balaban J connectivity index is 1.66. The van der Waals surface area contributed by atoms with E-state index in [1.165, 1.54) is 5.56 Å². The Morgan fingerprint density at radius 3 is 2.57 bits per heavy atom. The van der Waals surface area contributed by atoms with Gasteiger partial charge in [0.1, 0.15) is 0 Å². The predicted molar refractivity (Wildman–Crippen MR) is 89.8 cm³/mol. The largest absolute Gasteiger partial charge is 0.381 e. The molecule has 5 heteroatoms. The van der Waals surface area contributed by atoms with E-state index < -0.39 is 0 Å². The molecule has 0 bridgehead atoms. The smallest absolute Gasteiger partial charge is 0.223 e. The zero-order valence-corrected chi connectivity index (χ0v) is 13.7. The van der Waals surface area contributed by atoms with Gasteiger partial charge in [0.2, 0.25) is 5.91 Å². The van der Waals surface area contributed by atoms with E-state index in [1.54, 1.807) is 0 Å². The first-order chi connectivity index (χ1) is 11.2. The zero-order chi connectivity index (χ0) is 16.1. The van der Waals surface area contributed by atoms with Crippen molar-refractivity contribution in [2.75, 3.05) is 39.4 Å². The summed E-state index contributed by atoms with van der Waals surface area (Å²) in [7, 11) is 0. The molecule has 0 unspecified atom stereocenters. The second kappa shape index (κ2) is 7.90. The summed E-state index contributed by atoms with van der Waals surface area (Å²) >= 11 is 0. The van der Waals surface area contributed by atoms with Crippen molar-refractivity contribution in [3.05, 3.63) is 35.9 Å². The van der Waals surface area contributed by atoms with Crippen LogP contribution in [0.4, 0.5) is 0 Å². The number of benzene rings is 1. The Morgan fingerprint density at radius 1 is 1.13 bits per heavy atom. The average molecular weight is 317 g/mol. The minimum atomic E-state index is -0.179. The molecule has 0 radical (unpaired) electrons. The summed E-state index contributed by atoms with van der Waals surface area (Å²) < 4.78 is 5.47. The van der Waals surface area contributed by atoms with Crippen LogP contribution < -0.4 is 5.73 Å². The van der Waals surface area contributed by atoms with E-state index >= 15 is 0 Å². The Labute approximate surface area is 138 Å². The molecule has 2 saturated heterocycles. The van der Waals surface area contributed by atoms with Gasteiger partial charge < -0.3 is 10.5 Å². The SMILES string of the molecule is NC(=O)[C@H]1CN(Cc2ccccc2)CCN(C2CCOCC2)C1. The van der Waals surface area contributed by atoms with Crippen LogP contribution in [0.25, 0.3) is 0 Å². The summed E-state index contributed by atoms with van der Waals surface area (Å²) in [6.45, 7) is 6.06. The fourth-order valence-electron chi connectivity index (χ4n) is 3.65. The molecule has 1 aromatic rings. The third-order valence-corrected chi connectivity index (χ3v) is 5.00. The first-order valence-corrected chi connectivity index (χ1v) is 8.60. The van der Waals surface area contributed by atoms with Crippen LogP contribution in [-0.4, -0.2) is 61.1 Å². The van der Waals surface area contributed by atoms with Crippen molar-refractivity contribution < 1.29 is 9.53 Å². The van der Waals surface area contributed by atoms with Crippen molar-refractivity contribution in [2.45, 2.75) is 25.4 Å². The summed E-state index contributed by atoms with van der Waals surface area (Å²) in [4.78, 5) is 16.7. The highest BCUT2D eigenvalue weighted by atomic mass is 16.5. The van der Waals surface area contributed by atoms with Crippen molar-refractivity contribution in [1.82, 2.24) is 9.80 Å². The molecular formula is C18H27N3O2. The monoisotopic (exact) mass is 317 g/mol. The molecule has 0 aliphatic carbocycles. The molecular weight excluding hydrogens is 290 g/mol. The summed E-state index contributed by atoms with van der Waals surface area (Å²) in [6, 6.07) is 11.0. The molecule has 1 aromatic carbocycles. The van der Waals surface area contributed by atoms with Gasteiger partial charge in [-0.3, -0.25) is 14.6 Å². The molecule has 2 aliphatic heterocycles. The second-order valence-electron chi connectivity index (χ2n) is 6.66. The van der Waals surface area contributed by atoms with Crippen LogP contribution in [0.15, 0.2) is 30.3 Å². The fraction of sp³-hybridized carbons (Fsp3) is 0.611. The van der Waals surface area contributed by atoms with Crippen LogP contribution in [-0.2, 0) is 16.1 Å². The van der Waals surface area contributed by atoms with E-state index in [0.717, 1.165) is 58.8 Å². The van der Waals surface area contributed by atoms with Crippen molar-refractivity contribution in [1.29, 1.82) is 0 Å². The van der Waals surface area contributed by atoms with Crippen LogP contribution in [0.5, 0.6) is 0 Å². The third kappa shape index (κ3) is 4.53. The number of carbonyl (C=O) groups is 1. The van der Waals surface area contributed by atoms with Crippen molar-refractivity contribution >= 4 is 5.91 Å². The van der Waals surface area contributed by atoms with Gasteiger partial charge in [0.25, 0.3) is 0 Å². The maximum Gasteiger partial charge on any atom is 0.223 e. The number of ether oxygens (including phenoxy) is 1. The number of nitrogens with zero attached hydrogens (tertiary/aromatic N) is 2. The van der Waals surface area contributed by atoms with Crippen LogP contribution in [0.2, 0.25) is 0 Å². The number of nitrogens with two attached hydrogens (primary N) is 1. The van der Waals surface area contributed by atoms with E-state index in [4.69, 9.17) is 10.5 Å². The van der Waals surface area contributed by atoms with Crippen LogP contribution in [0, 0.1) is 5.92 Å². The van der Waals surface area contributed by atoms with Crippen molar-refractivity contribution in [2.24, 2.45) is 11.7 Å². The lowest BCUT2D eigenvalue weighted by atomic mass is 10.0. The molecule has 2 heterocycles. The highest BCUT2D eigenvalue weighted by Gasteiger charge is 2.30. The second-order valence-corrected chi connectivity index (χ2v) is 6.66. The number of amides is 1. The van der Waals surface area contributed by atoms with Gasteiger partial charge in [-0.05, 0) is 18.4 Å². The highest BCUT2D eigenvalue weighted by molar-refractivity contribution is 5.77. The Morgan fingerprint density at radius 2 is 1.87 bits per heavy atom. The molecule has 0 saturated carbocycles. The topological polar surface area (TPSA) is 58.8 Å². The van der Waals surface area contributed by atoms with Gasteiger partial charge in [-0.1, -0.05) is 30.3 Å². The third-order valence-electron chi connectivity index (χ3n) is 5.00. The predicted octanol–water partition coefficient (Wildman–Crippen LogP) is 1.08. The van der Waals surface area contributed by atoms with Gasteiger partial charge in [0.05, 0.1) is 5.92 Å². The van der Waals surface area contributed by atoms with Gasteiger partial charge >= 0.3 is 0 Å². The first-order valence-electron chi connectivity index (χ1n) is 8.60. The molecule has 5 nitrogen and oxygen atoms in total. The number of rotatable bonds is 4. The molecule has 126 valence electrons. The Bertz CT molecular complexity index is 502. The molecule has 1 amide bonds. The van der Waals surface area contributed by atoms with Gasteiger partial charge in [0, 0.05) is 52.0 Å². The summed E-state index contributed by atoms with van der Waals surface area (Å²) in [5.74, 6) is -0.272. The molecule has 2 N–H and O–H groups in total. The molecule has 0 aromatic heterocycles. The van der Waals surface area contributed by atoms with Gasteiger partial charge in [-0.25, -0.2) is 0 Å². The van der Waals surface area contributed by atoms with E-state index in [2.05, 4.69) is 34.1 Å². The Hall–Kier alpha value is -1.43. The van der Waals surface area contributed by atoms with Crippen molar-refractivity contribution in [3.8, 4) is 0 Å². The standard InChI is InChI=1S/C18H27N3O2/c19-18(22)16-13-20(12-15-4-2-1-3-5-15)8-9-21(14-16)17-6-10-23-11-7-17/h1-5,16-17H,6-14H2,(H2,19,22)/t16-/m0/s1. The quantitative estimate of drug-likeness (QED) is 0.903. The Kier molecular flexibility index (Phi) is 5.65. The van der Waals surface area contributed by atoms with E-state index in [9.17, 15) is 4.79 Å².